The summed E-state index contributed by atoms with van der Waals surface area (Å²) in [5.41, 5.74) is 0.275. The monoisotopic (exact) mass is 271 g/mol. The van der Waals surface area contributed by atoms with E-state index in [0.29, 0.717) is 0 Å². The van der Waals surface area contributed by atoms with Crippen molar-refractivity contribution in [2.75, 3.05) is 0 Å². The number of hydrogen-bond donors (Lipinski definition) is 2. The van der Waals surface area contributed by atoms with Crippen molar-refractivity contribution in [3.63, 3.8) is 0 Å². The van der Waals surface area contributed by atoms with Crippen LogP contribution in [0.4, 0.5) is 13.2 Å². The molecule has 1 aromatic heterocycles. The van der Waals surface area contributed by atoms with Gasteiger partial charge >= 0.3 is 6.18 Å². The number of nitrogens with one attached hydrogen (secondary N) is 2. The van der Waals surface area contributed by atoms with Crippen LogP contribution in [0.3, 0.4) is 0 Å². The van der Waals surface area contributed by atoms with Crippen molar-refractivity contribution >= 4 is 10.0 Å². The van der Waals surface area contributed by atoms with Crippen molar-refractivity contribution in [1.82, 2.24) is 14.9 Å². The van der Waals surface area contributed by atoms with Gasteiger partial charge < -0.3 is 0 Å². The zero-order valence-electron chi connectivity index (χ0n) is 9.17. The Labute approximate surface area is 96.5 Å². The molecule has 9 heteroatoms. The zero-order chi connectivity index (χ0) is 13.3. The highest BCUT2D eigenvalue weighted by Gasteiger charge is 2.32. The van der Waals surface area contributed by atoms with Crippen LogP contribution < -0.4 is 4.72 Å². The lowest BCUT2D eigenvalue weighted by atomic mass is 10.2. The molecule has 0 fully saturated rings. The van der Waals surface area contributed by atoms with E-state index < -0.39 is 28.7 Å². The lowest BCUT2D eigenvalue weighted by Gasteiger charge is -2.15. The van der Waals surface area contributed by atoms with E-state index in [9.17, 15) is 21.6 Å². The Balaban J connectivity index is 2.78. The average Bonchev–Trinajstić information content (AvgIpc) is 2.46. The van der Waals surface area contributed by atoms with Crippen LogP contribution >= 0.6 is 0 Å². The number of halogens is 3. The highest BCUT2D eigenvalue weighted by molar-refractivity contribution is 7.89. The van der Waals surface area contributed by atoms with Gasteiger partial charge in [-0.15, -0.1) is 0 Å². The Morgan fingerprint density at radius 3 is 2.53 bits per heavy atom. The maximum absolute atomic E-state index is 12.0. The van der Waals surface area contributed by atoms with Crippen LogP contribution in [-0.2, 0) is 10.0 Å². The van der Waals surface area contributed by atoms with Gasteiger partial charge in [-0.3, -0.25) is 5.10 Å². The first kappa shape index (κ1) is 14.0. The van der Waals surface area contributed by atoms with Gasteiger partial charge in [-0.05, 0) is 13.8 Å². The molecule has 5 nitrogen and oxygen atoms in total. The first-order valence-electron chi connectivity index (χ1n) is 4.71. The zero-order valence-corrected chi connectivity index (χ0v) is 9.98. The van der Waals surface area contributed by atoms with Crippen LogP contribution in [0.25, 0.3) is 0 Å². The lowest BCUT2D eigenvalue weighted by Crippen LogP contribution is -2.36. The topological polar surface area (TPSA) is 74.8 Å². The maximum atomic E-state index is 12.0. The van der Waals surface area contributed by atoms with E-state index in [-0.39, 0.29) is 10.6 Å². The molecule has 0 saturated heterocycles. The molecule has 0 bridgehead atoms. The van der Waals surface area contributed by atoms with Crippen molar-refractivity contribution < 1.29 is 21.6 Å². The van der Waals surface area contributed by atoms with Gasteiger partial charge in [-0.2, -0.15) is 18.3 Å². The van der Waals surface area contributed by atoms with E-state index in [4.69, 9.17) is 0 Å². The molecule has 0 spiro atoms. The first-order chi connectivity index (χ1) is 7.62. The highest BCUT2D eigenvalue weighted by Crippen LogP contribution is 2.22. The minimum absolute atomic E-state index is 0.147. The van der Waals surface area contributed by atoms with Gasteiger partial charge in [0, 0.05) is 6.04 Å². The predicted octanol–water partition coefficient (Wildman–Crippen LogP) is 1.34. The third kappa shape index (κ3) is 4.00. The molecule has 0 aliphatic rings. The SMILES string of the molecule is Cc1[nH]ncc1S(=O)(=O)NC(C)CC(F)(F)F. The molecule has 1 unspecified atom stereocenters. The second-order valence-corrected chi connectivity index (χ2v) is 5.38. The summed E-state index contributed by atoms with van der Waals surface area (Å²) < 4.78 is 61.4. The van der Waals surface area contributed by atoms with E-state index in [1.165, 1.54) is 6.92 Å². The van der Waals surface area contributed by atoms with Gasteiger partial charge in [0.2, 0.25) is 10.0 Å². The van der Waals surface area contributed by atoms with Crippen molar-refractivity contribution in [3.05, 3.63) is 11.9 Å². The number of H-pyrrole nitrogens is 1. The van der Waals surface area contributed by atoms with Crippen molar-refractivity contribution in [2.45, 2.75) is 37.4 Å². The third-order valence-electron chi connectivity index (χ3n) is 1.97. The molecule has 2 N–H and O–H groups in total. The summed E-state index contributed by atoms with van der Waals surface area (Å²) in [5, 5.41) is 5.91. The Morgan fingerprint density at radius 2 is 2.12 bits per heavy atom. The highest BCUT2D eigenvalue weighted by atomic mass is 32.2. The fourth-order valence-corrected chi connectivity index (χ4v) is 2.71. The molecular weight excluding hydrogens is 259 g/mol. The number of aryl methyl sites for hydroxylation is 1. The Morgan fingerprint density at radius 1 is 1.53 bits per heavy atom. The van der Waals surface area contributed by atoms with E-state index in [0.717, 1.165) is 13.1 Å². The summed E-state index contributed by atoms with van der Waals surface area (Å²) in [6.45, 7) is 2.62. The lowest BCUT2D eigenvalue weighted by molar-refractivity contribution is -0.137. The number of rotatable bonds is 4. The molecule has 0 radical (unpaired) electrons. The van der Waals surface area contributed by atoms with E-state index in [1.54, 1.807) is 0 Å². The molecule has 1 rings (SSSR count). The number of aromatic amines is 1. The standard InChI is InChI=1S/C8H12F3N3O2S/c1-5(3-8(9,10)11)14-17(15,16)7-4-12-13-6(7)2/h4-5,14H,3H2,1-2H3,(H,12,13). The maximum Gasteiger partial charge on any atom is 0.390 e. The van der Waals surface area contributed by atoms with Crippen LogP contribution in [0.15, 0.2) is 11.1 Å². The van der Waals surface area contributed by atoms with E-state index in [1.807, 2.05) is 4.72 Å². The molecule has 0 amide bonds. The first-order valence-corrected chi connectivity index (χ1v) is 6.19. The molecule has 0 aliphatic heterocycles. The Hall–Kier alpha value is -1.09. The summed E-state index contributed by atoms with van der Waals surface area (Å²) >= 11 is 0. The number of aromatic nitrogens is 2. The molecular formula is C8H12F3N3O2S. The second-order valence-electron chi connectivity index (χ2n) is 3.70. The van der Waals surface area contributed by atoms with Crippen molar-refractivity contribution in [1.29, 1.82) is 0 Å². The van der Waals surface area contributed by atoms with Crippen LogP contribution in [0.2, 0.25) is 0 Å². The number of nitrogens with zero attached hydrogens (tertiary/aromatic N) is 1. The molecule has 0 aliphatic carbocycles. The van der Waals surface area contributed by atoms with Crippen LogP contribution in [0.1, 0.15) is 19.0 Å². The third-order valence-corrected chi connectivity index (χ3v) is 3.67. The van der Waals surface area contributed by atoms with Gasteiger partial charge in [-0.1, -0.05) is 0 Å². The summed E-state index contributed by atoms with van der Waals surface area (Å²) in [7, 11) is -3.96. The second kappa shape index (κ2) is 4.65. The number of hydrogen-bond acceptors (Lipinski definition) is 3. The molecule has 17 heavy (non-hydrogen) atoms. The van der Waals surface area contributed by atoms with Gasteiger partial charge in [0.15, 0.2) is 0 Å². The number of sulfonamides is 1. The predicted molar refractivity (Wildman–Crippen MR) is 53.8 cm³/mol. The van der Waals surface area contributed by atoms with Crippen LogP contribution in [-0.4, -0.2) is 30.8 Å². The molecule has 1 aromatic rings. The fourth-order valence-electron chi connectivity index (χ4n) is 1.33. The average molecular weight is 271 g/mol. The molecule has 0 aromatic carbocycles. The summed E-state index contributed by atoms with van der Waals surface area (Å²) in [5.74, 6) is 0. The minimum Gasteiger partial charge on any atom is -0.281 e. The quantitative estimate of drug-likeness (QED) is 0.867. The van der Waals surface area contributed by atoms with Crippen LogP contribution in [0.5, 0.6) is 0 Å². The largest absolute Gasteiger partial charge is 0.390 e. The summed E-state index contributed by atoms with van der Waals surface area (Å²) in [6, 6.07) is -1.23. The Kier molecular flexibility index (Phi) is 3.82. The minimum atomic E-state index is -4.41. The summed E-state index contributed by atoms with van der Waals surface area (Å²) in [6.07, 6.45) is -4.57. The molecule has 1 heterocycles. The smallest absolute Gasteiger partial charge is 0.281 e. The van der Waals surface area contributed by atoms with Crippen LogP contribution in [0, 0.1) is 6.92 Å². The van der Waals surface area contributed by atoms with Gasteiger partial charge in [0.05, 0.1) is 18.3 Å². The van der Waals surface area contributed by atoms with Crippen molar-refractivity contribution in [3.8, 4) is 0 Å². The van der Waals surface area contributed by atoms with Gasteiger partial charge in [0.1, 0.15) is 4.90 Å². The molecule has 0 saturated carbocycles. The number of alkyl halides is 3. The van der Waals surface area contributed by atoms with Gasteiger partial charge in [-0.25, -0.2) is 13.1 Å². The van der Waals surface area contributed by atoms with E-state index in [2.05, 4.69) is 10.2 Å². The molecule has 98 valence electrons. The Bertz CT molecular complexity index is 480. The summed E-state index contributed by atoms with van der Waals surface area (Å²) in [4.78, 5) is -0.147. The fraction of sp³-hybridized carbons (Fsp3) is 0.625. The normalized spacial score (nSPS) is 14.9. The van der Waals surface area contributed by atoms with E-state index >= 15 is 0 Å². The van der Waals surface area contributed by atoms with Gasteiger partial charge in [0.25, 0.3) is 0 Å². The van der Waals surface area contributed by atoms with Crippen molar-refractivity contribution in [2.24, 2.45) is 0 Å². The molecule has 1 atom stereocenters.